The first-order valence-corrected chi connectivity index (χ1v) is 8.63. The molecule has 1 amide bonds. The molecule has 0 saturated carbocycles. The van der Waals surface area contributed by atoms with E-state index in [0.29, 0.717) is 11.3 Å². The maximum Gasteiger partial charge on any atom is 0.338 e. The zero-order chi connectivity index (χ0) is 18.4. The van der Waals surface area contributed by atoms with Gasteiger partial charge in [-0.2, -0.15) is 0 Å². The van der Waals surface area contributed by atoms with Crippen molar-refractivity contribution in [2.45, 2.75) is 13.0 Å². The van der Waals surface area contributed by atoms with Crippen LogP contribution in [0.4, 0.5) is 11.4 Å². The lowest BCUT2D eigenvalue weighted by atomic mass is 10.2. The third-order valence-corrected chi connectivity index (χ3v) is 4.17. The normalized spacial score (nSPS) is 15.2. The Morgan fingerprint density at radius 1 is 1.04 bits per heavy atom. The van der Waals surface area contributed by atoms with Crippen molar-refractivity contribution in [1.29, 1.82) is 0 Å². The number of hydrogen-bond donors (Lipinski definition) is 1. The molecule has 0 aromatic heterocycles. The average Bonchev–Trinajstić information content (AvgIpc) is 2.70. The third-order valence-electron chi connectivity index (χ3n) is 4.17. The molecule has 1 aliphatic heterocycles. The van der Waals surface area contributed by atoms with Gasteiger partial charge >= 0.3 is 5.97 Å². The summed E-state index contributed by atoms with van der Waals surface area (Å²) in [5.41, 5.74) is 2.17. The van der Waals surface area contributed by atoms with E-state index >= 15 is 0 Å². The standard InChI is InChI=1S/C20H22N2O4/c1-15(26-20(24)16-5-3-2-4-6-16)19(23)21-17-7-9-18(10-8-17)22-11-13-25-14-12-22/h2-10,15H,11-14H2,1H3,(H,21,23)/t15-/m0/s1. The van der Waals surface area contributed by atoms with Gasteiger partial charge in [-0.25, -0.2) is 4.79 Å². The van der Waals surface area contributed by atoms with Crippen molar-refractivity contribution in [3.05, 3.63) is 60.2 Å². The summed E-state index contributed by atoms with van der Waals surface area (Å²) in [6.07, 6.45) is -0.887. The van der Waals surface area contributed by atoms with Crippen LogP contribution in [0.1, 0.15) is 17.3 Å². The summed E-state index contributed by atoms with van der Waals surface area (Å²) in [4.78, 5) is 26.5. The summed E-state index contributed by atoms with van der Waals surface area (Å²) in [7, 11) is 0. The molecule has 1 saturated heterocycles. The van der Waals surface area contributed by atoms with E-state index in [0.717, 1.165) is 32.0 Å². The number of rotatable bonds is 5. The number of nitrogens with one attached hydrogen (secondary N) is 1. The number of hydrogen-bond acceptors (Lipinski definition) is 5. The van der Waals surface area contributed by atoms with Crippen molar-refractivity contribution >= 4 is 23.3 Å². The van der Waals surface area contributed by atoms with Crippen molar-refractivity contribution in [2.24, 2.45) is 0 Å². The second-order valence-electron chi connectivity index (χ2n) is 6.05. The maximum absolute atomic E-state index is 12.3. The molecule has 1 heterocycles. The van der Waals surface area contributed by atoms with Gasteiger partial charge in [0.1, 0.15) is 0 Å². The summed E-state index contributed by atoms with van der Waals surface area (Å²) in [5.74, 6) is -0.885. The van der Waals surface area contributed by atoms with E-state index in [2.05, 4.69) is 10.2 Å². The van der Waals surface area contributed by atoms with Crippen LogP contribution in [0.3, 0.4) is 0 Å². The van der Waals surface area contributed by atoms with Gasteiger partial charge in [-0.05, 0) is 43.3 Å². The smallest absolute Gasteiger partial charge is 0.338 e. The Bertz CT molecular complexity index is 740. The van der Waals surface area contributed by atoms with Crippen LogP contribution in [0.15, 0.2) is 54.6 Å². The Labute approximate surface area is 152 Å². The van der Waals surface area contributed by atoms with E-state index in [1.54, 1.807) is 31.2 Å². The van der Waals surface area contributed by atoms with Gasteiger partial charge < -0.3 is 19.7 Å². The molecule has 0 unspecified atom stereocenters. The van der Waals surface area contributed by atoms with Gasteiger partial charge in [0.05, 0.1) is 18.8 Å². The molecule has 6 nitrogen and oxygen atoms in total. The molecule has 0 spiro atoms. The molecule has 0 radical (unpaired) electrons. The summed E-state index contributed by atoms with van der Waals surface area (Å²) in [5, 5.41) is 2.77. The predicted octanol–water partition coefficient (Wildman–Crippen LogP) is 2.71. The summed E-state index contributed by atoms with van der Waals surface area (Å²) >= 11 is 0. The monoisotopic (exact) mass is 354 g/mol. The van der Waals surface area contributed by atoms with Crippen molar-refractivity contribution < 1.29 is 19.1 Å². The lowest BCUT2D eigenvalue weighted by Crippen LogP contribution is -2.36. The first-order chi connectivity index (χ1) is 12.6. The van der Waals surface area contributed by atoms with Crippen molar-refractivity contribution in [1.82, 2.24) is 0 Å². The molecule has 136 valence electrons. The van der Waals surface area contributed by atoms with E-state index in [-0.39, 0.29) is 5.91 Å². The van der Waals surface area contributed by atoms with Gasteiger partial charge in [0, 0.05) is 24.5 Å². The number of amides is 1. The number of anilines is 2. The highest BCUT2D eigenvalue weighted by Gasteiger charge is 2.19. The fourth-order valence-electron chi connectivity index (χ4n) is 2.68. The van der Waals surface area contributed by atoms with Crippen LogP contribution in [0.2, 0.25) is 0 Å². The maximum atomic E-state index is 12.3. The molecule has 26 heavy (non-hydrogen) atoms. The number of ether oxygens (including phenoxy) is 2. The molecule has 1 N–H and O–H groups in total. The quantitative estimate of drug-likeness (QED) is 0.836. The molecule has 1 fully saturated rings. The minimum atomic E-state index is -0.887. The van der Waals surface area contributed by atoms with Gasteiger partial charge in [0.2, 0.25) is 0 Å². The first-order valence-electron chi connectivity index (χ1n) is 8.63. The Morgan fingerprint density at radius 3 is 2.35 bits per heavy atom. The number of carbonyl (C=O) groups excluding carboxylic acids is 2. The number of nitrogens with zero attached hydrogens (tertiary/aromatic N) is 1. The van der Waals surface area contributed by atoms with E-state index in [4.69, 9.17) is 9.47 Å². The SMILES string of the molecule is C[C@H](OC(=O)c1ccccc1)C(=O)Nc1ccc(N2CCOCC2)cc1. The molecule has 3 rings (SSSR count). The number of benzene rings is 2. The molecule has 1 aliphatic rings. The Balaban J connectivity index is 1.54. The molecule has 6 heteroatoms. The fourth-order valence-corrected chi connectivity index (χ4v) is 2.68. The molecule has 0 aliphatic carbocycles. The van der Waals surface area contributed by atoms with Gasteiger partial charge in [0.25, 0.3) is 5.91 Å². The largest absolute Gasteiger partial charge is 0.449 e. The Kier molecular flexibility index (Phi) is 5.86. The van der Waals surface area contributed by atoms with Gasteiger partial charge in [0.15, 0.2) is 6.10 Å². The number of carbonyl (C=O) groups is 2. The highest BCUT2D eigenvalue weighted by atomic mass is 16.5. The van der Waals surface area contributed by atoms with E-state index in [1.807, 2.05) is 30.3 Å². The third kappa shape index (κ3) is 4.61. The topological polar surface area (TPSA) is 67.9 Å². The molecule has 0 bridgehead atoms. The molecular weight excluding hydrogens is 332 g/mol. The van der Waals surface area contributed by atoms with E-state index in [9.17, 15) is 9.59 Å². The lowest BCUT2D eigenvalue weighted by Gasteiger charge is -2.28. The van der Waals surface area contributed by atoms with Crippen molar-refractivity contribution in [2.75, 3.05) is 36.5 Å². The van der Waals surface area contributed by atoms with Crippen LogP contribution in [-0.2, 0) is 14.3 Å². The van der Waals surface area contributed by atoms with Crippen LogP contribution >= 0.6 is 0 Å². The minimum absolute atomic E-state index is 0.367. The molecule has 2 aromatic carbocycles. The fraction of sp³-hybridized carbons (Fsp3) is 0.300. The average molecular weight is 354 g/mol. The van der Waals surface area contributed by atoms with Crippen LogP contribution < -0.4 is 10.2 Å². The Morgan fingerprint density at radius 2 is 1.69 bits per heavy atom. The van der Waals surface area contributed by atoms with Gasteiger partial charge in [-0.3, -0.25) is 4.79 Å². The van der Waals surface area contributed by atoms with E-state index < -0.39 is 12.1 Å². The van der Waals surface area contributed by atoms with Gasteiger partial charge in [-0.1, -0.05) is 18.2 Å². The zero-order valence-corrected chi connectivity index (χ0v) is 14.7. The predicted molar refractivity (Wildman–Crippen MR) is 99.4 cm³/mol. The lowest BCUT2D eigenvalue weighted by molar-refractivity contribution is -0.123. The van der Waals surface area contributed by atoms with Crippen LogP contribution in [0.25, 0.3) is 0 Å². The number of morpholine rings is 1. The summed E-state index contributed by atoms with van der Waals surface area (Å²) in [6.45, 7) is 4.72. The molecule has 1 atom stereocenters. The second kappa shape index (κ2) is 8.49. The Hall–Kier alpha value is -2.86. The summed E-state index contributed by atoms with van der Waals surface area (Å²) in [6, 6.07) is 16.2. The first kappa shape index (κ1) is 17.9. The van der Waals surface area contributed by atoms with Crippen molar-refractivity contribution in [3.8, 4) is 0 Å². The van der Waals surface area contributed by atoms with Crippen molar-refractivity contribution in [3.63, 3.8) is 0 Å². The molecule has 2 aromatic rings. The highest BCUT2D eigenvalue weighted by molar-refractivity contribution is 5.97. The van der Waals surface area contributed by atoms with Crippen LogP contribution in [-0.4, -0.2) is 44.3 Å². The highest BCUT2D eigenvalue weighted by Crippen LogP contribution is 2.19. The van der Waals surface area contributed by atoms with Crippen LogP contribution in [0.5, 0.6) is 0 Å². The van der Waals surface area contributed by atoms with E-state index in [1.165, 1.54) is 0 Å². The van der Waals surface area contributed by atoms with Gasteiger partial charge in [-0.15, -0.1) is 0 Å². The van der Waals surface area contributed by atoms with Crippen LogP contribution in [0, 0.1) is 0 Å². The summed E-state index contributed by atoms with van der Waals surface area (Å²) < 4.78 is 10.6. The zero-order valence-electron chi connectivity index (χ0n) is 14.7. The second-order valence-corrected chi connectivity index (χ2v) is 6.05. The molecular formula is C20H22N2O4. The minimum Gasteiger partial charge on any atom is -0.449 e. The number of esters is 1.